The summed E-state index contributed by atoms with van der Waals surface area (Å²) < 4.78 is 4.29. The minimum absolute atomic E-state index is 0.598. The summed E-state index contributed by atoms with van der Waals surface area (Å²) in [5.74, 6) is -1.82. The zero-order valence-corrected chi connectivity index (χ0v) is 6.69. The van der Waals surface area contributed by atoms with Crippen LogP contribution in [0.15, 0.2) is 24.3 Å². The highest BCUT2D eigenvalue weighted by molar-refractivity contribution is 5.84. The van der Waals surface area contributed by atoms with Gasteiger partial charge in [0, 0.05) is 6.08 Å². The van der Waals surface area contributed by atoms with Crippen molar-refractivity contribution in [2.45, 2.75) is 6.92 Å². The number of carboxylic acids is 1. The van der Waals surface area contributed by atoms with Crippen molar-refractivity contribution in [3.05, 3.63) is 24.3 Å². The van der Waals surface area contributed by atoms with Crippen LogP contribution in [0.3, 0.4) is 0 Å². The van der Waals surface area contributed by atoms with Gasteiger partial charge < -0.3 is 9.84 Å². The Hall–Kier alpha value is -1.58. The number of aliphatic carboxylic acids is 1. The Morgan fingerprint density at radius 1 is 1.42 bits per heavy atom. The molecule has 0 aliphatic carbocycles. The minimum Gasteiger partial charge on any atom is -0.479 e. The van der Waals surface area contributed by atoms with E-state index in [0.29, 0.717) is 0 Å². The maximum Gasteiger partial charge on any atom is 0.341 e. The fraction of sp³-hybridized carbons (Fsp3) is 0.250. The molecule has 0 heterocycles. The summed E-state index contributed by atoms with van der Waals surface area (Å²) in [4.78, 5) is 20.5. The van der Waals surface area contributed by atoms with Crippen molar-refractivity contribution in [3.8, 4) is 0 Å². The summed E-state index contributed by atoms with van der Waals surface area (Å²) >= 11 is 0. The van der Waals surface area contributed by atoms with Gasteiger partial charge >= 0.3 is 11.9 Å². The first kappa shape index (κ1) is 10.4. The highest BCUT2D eigenvalue weighted by atomic mass is 16.5. The number of allylic oxidation sites excluding steroid dienone is 3. The van der Waals surface area contributed by atoms with Gasteiger partial charge in [0.05, 0.1) is 0 Å². The molecule has 0 amide bonds. The van der Waals surface area contributed by atoms with Crippen LogP contribution in [0.25, 0.3) is 0 Å². The lowest BCUT2D eigenvalue weighted by atomic mass is 10.4. The van der Waals surface area contributed by atoms with Crippen molar-refractivity contribution >= 4 is 11.9 Å². The standard InChI is InChI=1S/C8H10O4/c1-2-3-4-5-8(11)12-6-7(9)10/h2-5H,6H2,1H3,(H,9,10)/b3-2+,5-4+. The lowest BCUT2D eigenvalue weighted by molar-refractivity contribution is -0.151. The van der Waals surface area contributed by atoms with E-state index in [9.17, 15) is 9.59 Å². The van der Waals surface area contributed by atoms with Crippen molar-refractivity contribution in [3.63, 3.8) is 0 Å². The Kier molecular flexibility index (Phi) is 5.34. The molecular weight excluding hydrogens is 160 g/mol. The molecule has 0 unspecified atom stereocenters. The van der Waals surface area contributed by atoms with Gasteiger partial charge in [-0.1, -0.05) is 18.2 Å². The summed E-state index contributed by atoms with van der Waals surface area (Å²) in [6.07, 6.45) is 6.01. The molecule has 0 aliphatic heterocycles. The summed E-state index contributed by atoms with van der Waals surface area (Å²) in [6.45, 7) is 1.20. The van der Waals surface area contributed by atoms with Crippen LogP contribution in [0.2, 0.25) is 0 Å². The maximum atomic E-state index is 10.6. The number of ether oxygens (including phenoxy) is 1. The van der Waals surface area contributed by atoms with E-state index in [1.54, 1.807) is 19.1 Å². The second-order valence-corrected chi connectivity index (χ2v) is 1.89. The first-order chi connectivity index (χ1) is 5.66. The Labute approximate surface area is 70.1 Å². The molecule has 0 saturated carbocycles. The Balaban J connectivity index is 3.67. The number of rotatable bonds is 4. The molecule has 4 nitrogen and oxygen atoms in total. The van der Waals surface area contributed by atoms with Crippen LogP contribution in [0.1, 0.15) is 6.92 Å². The van der Waals surface area contributed by atoms with Crippen LogP contribution in [0, 0.1) is 0 Å². The highest BCUT2D eigenvalue weighted by Gasteiger charge is 1.99. The third kappa shape index (κ3) is 6.54. The fourth-order valence-electron chi connectivity index (χ4n) is 0.426. The van der Waals surface area contributed by atoms with Crippen LogP contribution in [-0.2, 0) is 14.3 Å². The van der Waals surface area contributed by atoms with Gasteiger partial charge in [-0.15, -0.1) is 0 Å². The van der Waals surface area contributed by atoms with Crippen LogP contribution in [-0.4, -0.2) is 23.7 Å². The number of hydrogen-bond acceptors (Lipinski definition) is 3. The normalized spacial score (nSPS) is 10.8. The highest BCUT2D eigenvalue weighted by Crippen LogP contribution is 1.83. The molecule has 1 N–H and O–H groups in total. The lowest BCUT2D eigenvalue weighted by Crippen LogP contribution is -2.10. The van der Waals surface area contributed by atoms with E-state index in [-0.39, 0.29) is 0 Å². The number of esters is 1. The Bertz CT molecular complexity index is 215. The summed E-state index contributed by atoms with van der Waals surface area (Å²) in [6, 6.07) is 0. The van der Waals surface area contributed by atoms with E-state index < -0.39 is 18.5 Å². The zero-order chi connectivity index (χ0) is 9.40. The molecule has 0 aromatic rings. The molecule has 0 aromatic carbocycles. The largest absolute Gasteiger partial charge is 0.479 e. The molecular formula is C8H10O4. The van der Waals surface area contributed by atoms with E-state index in [0.717, 1.165) is 6.08 Å². The van der Waals surface area contributed by atoms with Gasteiger partial charge in [-0.3, -0.25) is 0 Å². The van der Waals surface area contributed by atoms with Gasteiger partial charge in [0.2, 0.25) is 0 Å². The van der Waals surface area contributed by atoms with Gasteiger partial charge in [0.1, 0.15) is 0 Å². The molecule has 12 heavy (non-hydrogen) atoms. The fourth-order valence-corrected chi connectivity index (χ4v) is 0.426. The maximum absolute atomic E-state index is 10.6. The molecule has 0 aliphatic rings. The van der Waals surface area contributed by atoms with Crippen LogP contribution < -0.4 is 0 Å². The summed E-state index contributed by atoms with van der Waals surface area (Å²) in [5, 5.41) is 8.12. The number of hydrogen-bond donors (Lipinski definition) is 1. The van der Waals surface area contributed by atoms with Crippen molar-refractivity contribution in [2.24, 2.45) is 0 Å². The van der Waals surface area contributed by atoms with Crippen molar-refractivity contribution in [1.82, 2.24) is 0 Å². The second-order valence-electron chi connectivity index (χ2n) is 1.89. The zero-order valence-electron chi connectivity index (χ0n) is 6.69. The first-order valence-electron chi connectivity index (χ1n) is 3.34. The Morgan fingerprint density at radius 3 is 2.58 bits per heavy atom. The SMILES string of the molecule is C/C=C/C=C/C(=O)OCC(=O)O. The third-order valence-corrected chi connectivity index (χ3v) is 0.874. The van der Waals surface area contributed by atoms with Crippen molar-refractivity contribution in [2.75, 3.05) is 6.61 Å². The van der Waals surface area contributed by atoms with Gasteiger partial charge in [-0.25, -0.2) is 9.59 Å². The second kappa shape index (κ2) is 6.15. The van der Waals surface area contributed by atoms with E-state index in [1.807, 2.05) is 0 Å². The average Bonchev–Trinajstić information content (AvgIpc) is 2.01. The smallest absolute Gasteiger partial charge is 0.341 e. The summed E-state index contributed by atoms with van der Waals surface area (Å²) in [5.41, 5.74) is 0. The predicted molar refractivity (Wildman–Crippen MR) is 42.5 cm³/mol. The molecule has 4 heteroatoms. The molecule has 0 aromatic heterocycles. The average molecular weight is 170 g/mol. The summed E-state index contributed by atoms with van der Waals surface area (Å²) in [7, 11) is 0. The molecule has 0 spiro atoms. The van der Waals surface area contributed by atoms with Gasteiger partial charge in [0.25, 0.3) is 0 Å². The quantitative estimate of drug-likeness (QED) is 0.384. The minimum atomic E-state index is -1.16. The monoisotopic (exact) mass is 170 g/mol. The van der Waals surface area contributed by atoms with E-state index in [4.69, 9.17) is 5.11 Å². The molecule has 0 radical (unpaired) electrons. The molecule has 0 fully saturated rings. The first-order valence-corrected chi connectivity index (χ1v) is 3.34. The number of carboxylic acid groups (broad SMARTS) is 1. The topological polar surface area (TPSA) is 63.6 Å². The van der Waals surface area contributed by atoms with Crippen molar-refractivity contribution < 1.29 is 19.4 Å². The molecule has 0 bridgehead atoms. The van der Waals surface area contributed by atoms with Gasteiger partial charge in [-0.2, -0.15) is 0 Å². The van der Waals surface area contributed by atoms with Crippen LogP contribution in [0.5, 0.6) is 0 Å². The Morgan fingerprint density at radius 2 is 2.08 bits per heavy atom. The number of carbonyl (C=O) groups is 2. The van der Waals surface area contributed by atoms with Crippen molar-refractivity contribution in [1.29, 1.82) is 0 Å². The van der Waals surface area contributed by atoms with Gasteiger partial charge in [0.15, 0.2) is 6.61 Å². The molecule has 0 atom stereocenters. The van der Waals surface area contributed by atoms with Gasteiger partial charge in [-0.05, 0) is 6.92 Å². The lowest BCUT2D eigenvalue weighted by Gasteiger charge is -1.94. The van der Waals surface area contributed by atoms with Crippen LogP contribution in [0.4, 0.5) is 0 Å². The molecule has 66 valence electrons. The van der Waals surface area contributed by atoms with E-state index in [1.165, 1.54) is 6.08 Å². The number of carbonyl (C=O) groups excluding carboxylic acids is 1. The molecule has 0 rings (SSSR count). The predicted octanol–water partition coefficient (Wildman–Crippen LogP) is 0.746. The van der Waals surface area contributed by atoms with Crippen LogP contribution >= 0.6 is 0 Å². The van der Waals surface area contributed by atoms with E-state index in [2.05, 4.69) is 4.74 Å². The third-order valence-electron chi connectivity index (χ3n) is 0.874. The van der Waals surface area contributed by atoms with E-state index >= 15 is 0 Å². The molecule has 0 saturated heterocycles.